The van der Waals surface area contributed by atoms with E-state index in [4.69, 9.17) is 0 Å². The zero-order valence-electron chi connectivity index (χ0n) is 13.3. The van der Waals surface area contributed by atoms with E-state index in [-0.39, 0.29) is 24.3 Å². The van der Waals surface area contributed by atoms with Crippen molar-refractivity contribution >= 4 is 16.1 Å². The highest BCUT2D eigenvalue weighted by molar-refractivity contribution is 7.87. The minimum atomic E-state index is -3.57. The van der Waals surface area contributed by atoms with E-state index in [1.165, 1.54) is 26.2 Å². The molecule has 1 heterocycles. The first-order valence-electron chi connectivity index (χ1n) is 7.50. The van der Waals surface area contributed by atoms with E-state index in [1.807, 2.05) is 0 Å². The summed E-state index contributed by atoms with van der Waals surface area (Å²) in [6.45, 7) is 0.700. The van der Waals surface area contributed by atoms with Crippen LogP contribution in [-0.4, -0.2) is 56.8 Å². The minimum absolute atomic E-state index is 0.00968. The number of amides is 1. The van der Waals surface area contributed by atoms with E-state index < -0.39 is 10.2 Å². The summed E-state index contributed by atoms with van der Waals surface area (Å²) in [7, 11) is -0.699. The molecule has 6 nitrogen and oxygen atoms in total. The molecular formula is C15H22FN3O3S. The van der Waals surface area contributed by atoms with Gasteiger partial charge in [0.2, 0.25) is 5.91 Å². The SMILES string of the molecule is CN(C)S(=O)(=O)NCC(Cc1cccc(F)c1)N1CCCC1=O. The molecule has 2 rings (SSSR count). The van der Waals surface area contributed by atoms with E-state index in [0.717, 1.165) is 16.3 Å². The van der Waals surface area contributed by atoms with Crippen LogP contribution in [0.1, 0.15) is 18.4 Å². The highest BCUT2D eigenvalue weighted by Gasteiger charge is 2.29. The molecule has 128 valence electrons. The van der Waals surface area contributed by atoms with E-state index in [9.17, 15) is 17.6 Å². The van der Waals surface area contributed by atoms with Gasteiger partial charge in [0.15, 0.2) is 0 Å². The van der Waals surface area contributed by atoms with Crippen LogP contribution < -0.4 is 4.72 Å². The van der Waals surface area contributed by atoms with Crippen LogP contribution in [0.25, 0.3) is 0 Å². The van der Waals surface area contributed by atoms with E-state index >= 15 is 0 Å². The zero-order valence-corrected chi connectivity index (χ0v) is 14.1. The first-order chi connectivity index (χ1) is 10.8. The smallest absolute Gasteiger partial charge is 0.279 e. The predicted octanol–water partition coefficient (Wildman–Crippen LogP) is 0.755. The summed E-state index contributed by atoms with van der Waals surface area (Å²) in [5.41, 5.74) is 0.735. The topological polar surface area (TPSA) is 69.7 Å². The van der Waals surface area contributed by atoms with Gasteiger partial charge in [0.1, 0.15) is 5.82 Å². The van der Waals surface area contributed by atoms with Crippen LogP contribution in [0.3, 0.4) is 0 Å². The summed E-state index contributed by atoms with van der Waals surface area (Å²) in [5.74, 6) is -0.335. The summed E-state index contributed by atoms with van der Waals surface area (Å²) >= 11 is 0. The molecule has 0 aliphatic carbocycles. The lowest BCUT2D eigenvalue weighted by Crippen LogP contribution is -2.48. The molecule has 0 spiro atoms. The summed E-state index contributed by atoms with van der Waals surface area (Å²) < 4.78 is 40.7. The molecule has 1 aliphatic heterocycles. The van der Waals surface area contributed by atoms with Crippen LogP contribution in [0.4, 0.5) is 4.39 Å². The van der Waals surface area contributed by atoms with Crippen LogP contribution in [0, 0.1) is 5.82 Å². The van der Waals surface area contributed by atoms with Crippen molar-refractivity contribution in [2.24, 2.45) is 0 Å². The monoisotopic (exact) mass is 343 g/mol. The Morgan fingerprint density at radius 3 is 2.70 bits per heavy atom. The Morgan fingerprint density at radius 1 is 1.39 bits per heavy atom. The number of benzene rings is 1. The third-order valence-corrected chi connectivity index (χ3v) is 5.39. The number of likely N-dealkylation sites (tertiary alicyclic amines) is 1. The standard InChI is InChI=1S/C15H22FN3O3S/c1-18(2)23(21,22)17-11-14(19-8-4-7-15(19)20)10-12-5-3-6-13(16)9-12/h3,5-6,9,14,17H,4,7-8,10-11H2,1-2H3. The molecule has 1 unspecified atom stereocenters. The van der Waals surface area contributed by atoms with Crippen molar-refractivity contribution in [1.82, 2.24) is 13.9 Å². The van der Waals surface area contributed by atoms with Gasteiger partial charge in [-0.25, -0.2) is 9.11 Å². The summed E-state index contributed by atoms with van der Waals surface area (Å²) in [6.07, 6.45) is 1.64. The summed E-state index contributed by atoms with van der Waals surface area (Å²) in [4.78, 5) is 13.7. The van der Waals surface area contributed by atoms with Crippen LogP contribution in [0.2, 0.25) is 0 Å². The molecular weight excluding hydrogens is 321 g/mol. The molecule has 1 fully saturated rings. The van der Waals surface area contributed by atoms with Gasteiger partial charge in [0.25, 0.3) is 10.2 Å². The number of carbonyl (C=O) groups is 1. The van der Waals surface area contributed by atoms with Crippen molar-refractivity contribution in [2.45, 2.75) is 25.3 Å². The van der Waals surface area contributed by atoms with Gasteiger partial charge in [-0.15, -0.1) is 0 Å². The molecule has 0 bridgehead atoms. The van der Waals surface area contributed by atoms with E-state index in [1.54, 1.807) is 17.0 Å². The Balaban J connectivity index is 2.13. The zero-order chi connectivity index (χ0) is 17.0. The fourth-order valence-corrected chi connectivity index (χ4v) is 3.28. The largest absolute Gasteiger partial charge is 0.338 e. The van der Waals surface area contributed by atoms with Gasteiger partial charge in [0.05, 0.1) is 0 Å². The van der Waals surface area contributed by atoms with Gasteiger partial charge in [-0.1, -0.05) is 12.1 Å². The molecule has 0 saturated carbocycles. The fourth-order valence-electron chi connectivity index (χ4n) is 2.61. The molecule has 1 amide bonds. The van der Waals surface area contributed by atoms with Gasteiger partial charge in [-0.05, 0) is 30.5 Å². The number of halogens is 1. The second kappa shape index (κ2) is 7.37. The van der Waals surface area contributed by atoms with Crippen molar-refractivity contribution in [2.75, 3.05) is 27.2 Å². The first-order valence-corrected chi connectivity index (χ1v) is 8.94. The summed E-state index contributed by atoms with van der Waals surface area (Å²) in [6, 6.07) is 5.82. The normalized spacial score (nSPS) is 17.0. The Morgan fingerprint density at radius 2 is 2.13 bits per heavy atom. The maximum Gasteiger partial charge on any atom is 0.279 e. The van der Waals surface area contributed by atoms with Crippen LogP contribution >= 0.6 is 0 Å². The highest BCUT2D eigenvalue weighted by atomic mass is 32.2. The molecule has 1 atom stereocenters. The van der Waals surface area contributed by atoms with Crippen molar-refractivity contribution in [1.29, 1.82) is 0 Å². The number of nitrogens with zero attached hydrogens (tertiary/aromatic N) is 2. The molecule has 23 heavy (non-hydrogen) atoms. The van der Waals surface area contributed by atoms with E-state index in [0.29, 0.717) is 19.4 Å². The van der Waals surface area contributed by atoms with Crippen molar-refractivity contribution in [3.63, 3.8) is 0 Å². The number of hydrogen-bond donors (Lipinski definition) is 1. The van der Waals surface area contributed by atoms with Crippen LogP contribution in [0.15, 0.2) is 24.3 Å². The first kappa shape index (κ1) is 17.8. The molecule has 1 aromatic rings. The van der Waals surface area contributed by atoms with Crippen molar-refractivity contribution < 1.29 is 17.6 Å². The lowest BCUT2D eigenvalue weighted by molar-refractivity contribution is -0.129. The molecule has 1 aliphatic rings. The Kier molecular flexibility index (Phi) is 5.72. The average Bonchev–Trinajstić information content (AvgIpc) is 2.89. The van der Waals surface area contributed by atoms with Crippen molar-refractivity contribution in [3.8, 4) is 0 Å². The lowest BCUT2D eigenvalue weighted by Gasteiger charge is -2.28. The van der Waals surface area contributed by atoms with Gasteiger partial charge in [0, 0.05) is 39.6 Å². The molecule has 1 N–H and O–H groups in total. The molecule has 1 saturated heterocycles. The number of carbonyl (C=O) groups excluding carboxylic acids is 1. The number of hydrogen-bond acceptors (Lipinski definition) is 3. The van der Waals surface area contributed by atoms with Crippen LogP contribution in [0.5, 0.6) is 0 Å². The summed E-state index contributed by atoms with van der Waals surface area (Å²) in [5, 5.41) is 0. The maximum absolute atomic E-state index is 13.4. The van der Waals surface area contributed by atoms with Crippen LogP contribution in [-0.2, 0) is 21.4 Å². The van der Waals surface area contributed by atoms with Gasteiger partial charge < -0.3 is 4.90 Å². The Labute approximate surface area is 136 Å². The highest BCUT2D eigenvalue weighted by Crippen LogP contribution is 2.17. The second-order valence-electron chi connectivity index (χ2n) is 5.81. The Bertz CT molecular complexity index is 664. The molecule has 0 radical (unpaired) electrons. The maximum atomic E-state index is 13.4. The third kappa shape index (κ3) is 4.73. The Hall–Kier alpha value is -1.51. The molecule has 0 aromatic heterocycles. The third-order valence-electron chi connectivity index (χ3n) is 3.89. The average molecular weight is 343 g/mol. The van der Waals surface area contributed by atoms with Crippen molar-refractivity contribution in [3.05, 3.63) is 35.6 Å². The minimum Gasteiger partial charge on any atom is -0.338 e. The van der Waals surface area contributed by atoms with Gasteiger partial charge in [-0.2, -0.15) is 12.7 Å². The molecule has 8 heteroatoms. The van der Waals surface area contributed by atoms with E-state index in [2.05, 4.69) is 4.72 Å². The lowest BCUT2D eigenvalue weighted by atomic mass is 10.0. The second-order valence-corrected chi connectivity index (χ2v) is 7.78. The van der Waals surface area contributed by atoms with Gasteiger partial charge in [-0.3, -0.25) is 4.79 Å². The molecule has 1 aromatic carbocycles. The predicted molar refractivity (Wildman–Crippen MR) is 85.4 cm³/mol. The number of nitrogens with one attached hydrogen (secondary N) is 1. The number of rotatable bonds is 7. The quantitative estimate of drug-likeness (QED) is 0.794. The fraction of sp³-hybridized carbons (Fsp3) is 0.533. The van der Waals surface area contributed by atoms with Gasteiger partial charge >= 0.3 is 0 Å².